The van der Waals surface area contributed by atoms with E-state index in [1.165, 1.54) is 0 Å². The molecule has 9 nitrogen and oxygen atoms in total. The molecule has 0 bridgehead atoms. The maximum absolute atomic E-state index is 13.0. The number of amides is 1. The van der Waals surface area contributed by atoms with Gasteiger partial charge >= 0.3 is 0 Å². The second-order valence-electron chi connectivity index (χ2n) is 7.37. The lowest BCUT2D eigenvalue weighted by Crippen LogP contribution is -2.34. The highest BCUT2D eigenvalue weighted by Crippen LogP contribution is 2.48. The number of rotatable bonds is 6. The summed E-state index contributed by atoms with van der Waals surface area (Å²) in [6, 6.07) is 11.4. The molecule has 1 fully saturated rings. The number of hydrogen-bond acceptors (Lipinski definition) is 7. The lowest BCUT2D eigenvalue weighted by Gasteiger charge is -2.16. The Morgan fingerprint density at radius 3 is 2.70 bits per heavy atom. The van der Waals surface area contributed by atoms with E-state index in [4.69, 9.17) is 9.26 Å². The highest BCUT2D eigenvalue weighted by Gasteiger charge is 2.51. The molecule has 0 spiro atoms. The van der Waals surface area contributed by atoms with Crippen LogP contribution < -0.4 is 10.1 Å². The van der Waals surface area contributed by atoms with Crippen LogP contribution in [0.3, 0.4) is 0 Å². The number of carbonyl (C=O) groups excluding carboxylic acids is 1. The first-order valence-electron chi connectivity index (χ1n) is 9.67. The van der Waals surface area contributed by atoms with Crippen molar-refractivity contribution in [3.05, 3.63) is 59.8 Å². The summed E-state index contributed by atoms with van der Waals surface area (Å²) in [6.07, 6.45) is 3.50. The molecule has 0 saturated heterocycles. The lowest BCUT2D eigenvalue weighted by atomic mass is 9.95. The van der Waals surface area contributed by atoms with Crippen LogP contribution in [0.4, 0.5) is 0 Å². The normalized spacial score (nSPS) is 14.6. The SMILES string of the molecule is COc1ccc(C2(C(=O)NCc3nnc4c(-c5nc(C)no5)cccn34)CC2)cc1. The molecule has 1 aromatic carbocycles. The Labute approximate surface area is 172 Å². The fraction of sp³-hybridized carbons (Fsp3) is 0.286. The molecule has 0 unspecified atom stereocenters. The molecule has 1 aliphatic rings. The van der Waals surface area contributed by atoms with Gasteiger partial charge in [-0.3, -0.25) is 9.20 Å². The zero-order valence-electron chi connectivity index (χ0n) is 16.6. The monoisotopic (exact) mass is 404 g/mol. The van der Waals surface area contributed by atoms with E-state index < -0.39 is 5.41 Å². The van der Waals surface area contributed by atoms with Crippen molar-refractivity contribution >= 4 is 11.6 Å². The quantitative estimate of drug-likeness (QED) is 0.526. The summed E-state index contributed by atoms with van der Waals surface area (Å²) in [5.41, 5.74) is 1.82. The highest BCUT2D eigenvalue weighted by atomic mass is 16.5. The van der Waals surface area contributed by atoms with Crippen LogP contribution in [0.1, 0.15) is 30.1 Å². The smallest absolute Gasteiger partial charge is 0.261 e. The van der Waals surface area contributed by atoms with Crippen molar-refractivity contribution in [1.82, 2.24) is 30.1 Å². The number of fused-ring (bicyclic) bond motifs is 1. The van der Waals surface area contributed by atoms with Crippen LogP contribution in [0.15, 0.2) is 47.1 Å². The Kier molecular flexibility index (Phi) is 4.23. The first-order chi connectivity index (χ1) is 14.6. The molecule has 3 aromatic heterocycles. The van der Waals surface area contributed by atoms with Gasteiger partial charge in [-0.25, -0.2) is 0 Å². The number of benzene rings is 1. The van der Waals surface area contributed by atoms with Crippen molar-refractivity contribution in [2.45, 2.75) is 31.7 Å². The molecule has 9 heteroatoms. The third-order valence-electron chi connectivity index (χ3n) is 5.50. The van der Waals surface area contributed by atoms with Crippen molar-refractivity contribution in [1.29, 1.82) is 0 Å². The van der Waals surface area contributed by atoms with E-state index in [9.17, 15) is 4.79 Å². The molecule has 3 heterocycles. The number of aryl methyl sites for hydroxylation is 1. The summed E-state index contributed by atoms with van der Waals surface area (Å²) in [7, 11) is 1.63. The Hall–Kier alpha value is -3.75. The number of hydrogen-bond donors (Lipinski definition) is 1. The molecule has 1 amide bonds. The van der Waals surface area contributed by atoms with Gasteiger partial charge in [0.1, 0.15) is 5.75 Å². The summed E-state index contributed by atoms with van der Waals surface area (Å²) in [4.78, 5) is 17.2. The van der Waals surface area contributed by atoms with Crippen LogP contribution in [0, 0.1) is 6.92 Å². The minimum Gasteiger partial charge on any atom is -0.497 e. The van der Waals surface area contributed by atoms with E-state index in [0.29, 0.717) is 28.8 Å². The van der Waals surface area contributed by atoms with Gasteiger partial charge in [-0.05, 0) is 49.6 Å². The number of methoxy groups -OCH3 is 1. The Morgan fingerprint density at radius 2 is 2.03 bits per heavy atom. The average Bonchev–Trinajstić information content (AvgIpc) is 3.31. The molecule has 1 N–H and O–H groups in total. The van der Waals surface area contributed by atoms with Crippen molar-refractivity contribution in [2.24, 2.45) is 0 Å². The van der Waals surface area contributed by atoms with Gasteiger partial charge in [0, 0.05) is 6.20 Å². The minimum absolute atomic E-state index is 0.00639. The van der Waals surface area contributed by atoms with E-state index in [-0.39, 0.29) is 12.5 Å². The maximum Gasteiger partial charge on any atom is 0.261 e. The van der Waals surface area contributed by atoms with Crippen LogP contribution in [0.2, 0.25) is 0 Å². The number of carbonyl (C=O) groups is 1. The molecule has 30 heavy (non-hydrogen) atoms. The average molecular weight is 404 g/mol. The Bertz CT molecular complexity index is 1220. The zero-order chi connectivity index (χ0) is 20.7. The van der Waals surface area contributed by atoms with Gasteiger partial charge < -0.3 is 14.6 Å². The second kappa shape index (κ2) is 6.94. The Morgan fingerprint density at radius 1 is 1.23 bits per heavy atom. The number of pyridine rings is 1. The predicted molar refractivity (Wildman–Crippen MR) is 107 cm³/mol. The standard InChI is InChI=1S/C21H20N6O3/c1-13-23-19(30-26-13)16-4-3-11-27-17(24-25-18(16)27)12-22-20(28)21(9-10-21)14-5-7-15(29-2)8-6-14/h3-8,11H,9-10,12H2,1-2H3,(H,22,28). The fourth-order valence-electron chi connectivity index (χ4n) is 3.67. The lowest BCUT2D eigenvalue weighted by molar-refractivity contribution is -0.123. The van der Waals surface area contributed by atoms with Crippen LogP contribution in [0.5, 0.6) is 5.75 Å². The number of ether oxygens (including phenoxy) is 1. The van der Waals surface area contributed by atoms with Crippen LogP contribution >= 0.6 is 0 Å². The minimum atomic E-state index is -0.473. The third kappa shape index (κ3) is 2.99. The highest BCUT2D eigenvalue weighted by molar-refractivity contribution is 5.91. The van der Waals surface area contributed by atoms with Gasteiger partial charge in [0.25, 0.3) is 5.89 Å². The van der Waals surface area contributed by atoms with E-state index in [0.717, 1.165) is 24.2 Å². The molecule has 4 aromatic rings. The van der Waals surface area contributed by atoms with Crippen LogP contribution in [-0.4, -0.2) is 37.8 Å². The second-order valence-corrected chi connectivity index (χ2v) is 7.37. The molecule has 1 aliphatic carbocycles. The maximum atomic E-state index is 13.0. The number of nitrogens with one attached hydrogen (secondary N) is 1. The molecule has 1 saturated carbocycles. The zero-order valence-corrected chi connectivity index (χ0v) is 16.6. The first kappa shape index (κ1) is 18.3. The predicted octanol–water partition coefficient (Wildman–Crippen LogP) is 2.44. The topological polar surface area (TPSA) is 107 Å². The van der Waals surface area contributed by atoms with Crippen molar-refractivity contribution in [3.8, 4) is 17.2 Å². The van der Waals surface area contributed by atoms with Gasteiger partial charge in [-0.2, -0.15) is 4.98 Å². The molecule has 0 radical (unpaired) electrons. The van der Waals surface area contributed by atoms with E-state index >= 15 is 0 Å². The largest absolute Gasteiger partial charge is 0.497 e. The van der Waals surface area contributed by atoms with Gasteiger partial charge in [-0.1, -0.05) is 17.3 Å². The molecule has 0 aliphatic heterocycles. The van der Waals surface area contributed by atoms with E-state index in [2.05, 4.69) is 25.7 Å². The van der Waals surface area contributed by atoms with E-state index in [1.54, 1.807) is 14.0 Å². The van der Waals surface area contributed by atoms with Crippen molar-refractivity contribution in [2.75, 3.05) is 7.11 Å². The fourth-order valence-corrected chi connectivity index (χ4v) is 3.67. The molecular formula is C21H20N6O3. The van der Waals surface area contributed by atoms with Crippen molar-refractivity contribution in [3.63, 3.8) is 0 Å². The first-order valence-corrected chi connectivity index (χ1v) is 9.67. The third-order valence-corrected chi connectivity index (χ3v) is 5.50. The Balaban J connectivity index is 1.36. The van der Waals surface area contributed by atoms with Crippen LogP contribution in [0.25, 0.3) is 17.1 Å². The summed E-state index contributed by atoms with van der Waals surface area (Å²) < 4.78 is 12.3. The summed E-state index contributed by atoms with van der Waals surface area (Å²) in [6.45, 7) is 2.03. The molecule has 5 rings (SSSR count). The molecule has 0 atom stereocenters. The van der Waals surface area contributed by atoms with Crippen LogP contribution in [-0.2, 0) is 16.8 Å². The summed E-state index contributed by atoms with van der Waals surface area (Å²) in [5.74, 6) is 2.33. The molecule has 152 valence electrons. The van der Waals surface area contributed by atoms with Gasteiger partial charge in [0.05, 0.1) is 24.6 Å². The van der Waals surface area contributed by atoms with Gasteiger partial charge in [0.15, 0.2) is 17.3 Å². The van der Waals surface area contributed by atoms with E-state index in [1.807, 2.05) is 47.0 Å². The molecular weight excluding hydrogens is 384 g/mol. The number of nitrogens with zero attached hydrogens (tertiary/aromatic N) is 5. The van der Waals surface area contributed by atoms with Gasteiger partial charge in [-0.15, -0.1) is 10.2 Å². The van der Waals surface area contributed by atoms with Gasteiger partial charge in [0.2, 0.25) is 5.91 Å². The number of aromatic nitrogens is 5. The summed E-state index contributed by atoms with van der Waals surface area (Å²) >= 11 is 0. The summed E-state index contributed by atoms with van der Waals surface area (Å²) in [5, 5.41) is 15.4. The van der Waals surface area contributed by atoms with Crippen molar-refractivity contribution < 1.29 is 14.1 Å².